The van der Waals surface area contributed by atoms with E-state index in [2.05, 4.69) is 15.5 Å². The maximum absolute atomic E-state index is 12.4. The fraction of sp³-hybridized carbons (Fsp3) is 0.238. The van der Waals surface area contributed by atoms with E-state index in [-0.39, 0.29) is 28.6 Å². The summed E-state index contributed by atoms with van der Waals surface area (Å²) < 4.78 is 21.7. The summed E-state index contributed by atoms with van der Waals surface area (Å²) in [4.78, 5) is 23.5. The summed E-state index contributed by atoms with van der Waals surface area (Å²) in [6, 6.07) is 10.1. The Morgan fingerprint density at radius 2 is 1.65 bits per heavy atom. The van der Waals surface area contributed by atoms with Crippen LogP contribution in [0.15, 0.2) is 46.0 Å². The summed E-state index contributed by atoms with van der Waals surface area (Å²) in [5, 5.41) is 10.9. The summed E-state index contributed by atoms with van der Waals surface area (Å²) in [7, 11) is 4.56. The maximum atomic E-state index is 12.4. The molecular weight excluding hydrogens is 422 g/mol. The molecule has 10 heteroatoms. The quantitative estimate of drug-likeness (QED) is 0.391. The second-order valence-electron chi connectivity index (χ2n) is 6.26. The SMILES string of the molecule is COc1cc(-c2nnc(SCC(=O)c3ccc(NC(C)=O)cc3)o2)cc(OC)c1OC. The Morgan fingerprint density at radius 3 is 2.19 bits per heavy atom. The predicted octanol–water partition coefficient (Wildman–Crippen LogP) is 3.70. The molecule has 31 heavy (non-hydrogen) atoms. The number of Topliss-reactive ketones (excluding diaryl/α,β-unsaturated/α-hetero) is 1. The van der Waals surface area contributed by atoms with Crippen molar-refractivity contribution in [1.29, 1.82) is 0 Å². The Labute approximate surface area is 183 Å². The number of carbonyl (C=O) groups excluding carboxylic acids is 2. The highest BCUT2D eigenvalue weighted by Gasteiger charge is 2.18. The van der Waals surface area contributed by atoms with Gasteiger partial charge in [-0.1, -0.05) is 11.8 Å². The third-order valence-corrected chi connectivity index (χ3v) is 4.99. The van der Waals surface area contributed by atoms with Gasteiger partial charge in [-0.2, -0.15) is 0 Å². The van der Waals surface area contributed by atoms with Crippen molar-refractivity contribution in [1.82, 2.24) is 10.2 Å². The average molecular weight is 443 g/mol. The molecule has 0 spiro atoms. The fourth-order valence-corrected chi connectivity index (χ4v) is 3.40. The molecule has 1 heterocycles. The molecule has 2 aromatic carbocycles. The number of ether oxygens (including phenoxy) is 3. The lowest BCUT2D eigenvalue weighted by Gasteiger charge is -2.12. The molecule has 1 aromatic heterocycles. The molecule has 0 aliphatic rings. The number of benzene rings is 2. The molecule has 0 atom stereocenters. The molecule has 3 rings (SSSR count). The number of rotatable bonds is 9. The number of nitrogens with one attached hydrogen (secondary N) is 1. The lowest BCUT2D eigenvalue weighted by atomic mass is 10.1. The zero-order chi connectivity index (χ0) is 22.4. The van der Waals surface area contributed by atoms with Crippen molar-refractivity contribution in [3.05, 3.63) is 42.0 Å². The Hall–Kier alpha value is -3.53. The molecule has 1 N–H and O–H groups in total. The maximum Gasteiger partial charge on any atom is 0.277 e. The van der Waals surface area contributed by atoms with Crippen molar-refractivity contribution < 1.29 is 28.2 Å². The van der Waals surface area contributed by atoms with Gasteiger partial charge >= 0.3 is 0 Å². The molecule has 0 aliphatic carbocycles. The summed E-state index contributed by atoms with van der Waals surface area (Å²) >= 11 is 1.13. The van der Waals surface area contributed by atoms with Crippen LogP contribution in [0.1, 0.15) is 17.3 Å². The first-order valence-electron chi connectivity index (χ1n) is 9.12. The van der Waals surface area contributed by atoms with Gasteiger partial charge in [0.1, 0.15) is 0 Å². The standard InChI is InChI=1S/C21H21N3O6S/c1-12(25)22-15-7-5-13(6-8-15)16(26)11-31-21-24-23-20(30-21)14-9-17(27-2)19(29-4)18(10-14)28-3/h5-10H,11H2,1-4H3,(H,22,25). The highest BCUT2D eigenvalue weighted by atomic mass is 32.2. The second kappa shape index (κ2) is 9.98. The molecule has 162 valence electrons. The summed E-state index contributed by atoms with van der Waals surface area (Å²) in [5.74, 6) is 1.48. The van der Waals surface area contributed by atoms with Crippen LogP contribution in [0.4, 0.5) is 5.69 Å². The Balaban J connectivity index is 1.69. The smallest absolute Gasteiger partial charge is 0.277 e. The van der Waals surface area contributed by atoms with Gasteiger partial charge in [0.05, 0.1) is 27.1 Å². The van der Waals surface area contributed by atoms with Gasteiger partial charge in [0.25, 0.3) is 5.22 Å². The number of thioether (sulfide) groups is 1. The van der Waals surface area contributed by atoms with Crippen molar-refractivity contribution in [2.24, 2.45) is 0 Å². The van der Waals surface area contributed by atoms with E-state index in [1.165, 1.54) is 28.3 Å². The van der Waals surface area contributed by atoms with E-state index < -0.39 is 0 Å². The van der Waals surface area contributed by atoms with Crippen molar-refractivity contribution >= 4 is 29.1 Å². The van der Waals surface area contributed by atoms with Crippen molar-refractivity contribution in [2.75, 3.05) is 32.4 Å². The number of anilines is 1. The van der Waals surface area contributed by atoms with Gasteiger partial charge in [0.2, 0.25) is 17.5 Å². The molecule has 0 bridgehead atoms. The number of methoxy groups -OCH3 is 3. The van der Waals surface area contributed by atoms with Gasteiger partial charge in [0.15, 0.2) is 17.3 Å². The summed E-state index contributed by atoms with van der Waals surface area (Å²) in [6.07, 6.45) is 0. The Morgan fingerprint density at radius 1 is 1.00 bits per heavy atom. The van der Waals surface area contributed by atoms with Gasteiger partial charge in [-0.3, -0.25) is 9.59 Å². The Bertz CT molecular complexity index is 1060. The van der Waals surface area contributed by atoms with Crippen molar-refractivity contribution in [3.8, 4) is 28.7 Å². The molecule has 0 aliphatic heterocycles. The molecule has 1 amide bonds. The number of aromatic nitrogens is 2. The molecule has 3 aromatic rings. The first-order chi connectivity index (χ1) is 14.9. The zero-order valence-electron chi connectivity index (χ0n) is 17.4. The lowest BCUT2D eigenvalue weighted by Crippen LogP contribution is -2.07. The number of hydrogen-bond donors (Lipinski definition) is 1. The van der Waals surface area contributed by atoms with E-state index in [0.717, 1.165) is 11.8 Å². The van der Waals surface area contributed by atoms with Crippen molar-refractivity contribution in [2.45, 2.75) is 12.1 Å². The van der Waals surface area contributed by atoms with Crippen LogP contribution >= 0.6 is 11.8 Å². The number of hydrogen-bond acceptors (Lipinski definition) is 9. The van der Waals surface area contributed by atoms with Gasteiger partial charge in [-0.15, -0.1) is 10.2 Å². The molecule has 0 unspecified atom stereocenters. The van der Waals surface area contributed by atoms with Crippen LogP contribution in [0.25, 0.3) is 11.5 Å². The predicted molar refractivity (Wildman–Crippen MR) is 115 cm³/mol. The normalized spacial score (nSPS) is 10.5. The highest BCUT2D eigenvalue weighted by Crippen LogP contribution is 2.41. The summed E-state index contributed by atoms with van der Waals surface area (Å²) in [5.41, 5.74) is 1.74. The van der Waals surface area contributed by atoms with E-state index in [1.54, 1.807) is 36.4 Å². The molecule has 0 radical (unpaired) electrons. The van der Waals surface area contributed by atoms with Crippen LogP contribution in [0.3, 0.4) is 0 Å². The van der Waals surface area contributed by atoms with E-state index in [4.69, 9.17) is 18.6 Å². The topological polar surface area (TPSA) is 113 Å². The van der Waals surface area contributed by atoms with E-state index in [9.17, 15) is 9.59 Å². The average Bonchev–Trinajstić information content (AvgIpc) is 3.25. The van der Waals surface area contributed by atoms with Gasteiger partial charge in [-0.05, 0) is 36.4 Å². The molecule has 9 nitrogen and oxygen atoms in total. The van der Waals surface area contributed by atoms with Crippen LogP contribution < -0.4 is 19.5 Å². The third-order valence-electron chi connectivity index (χ3n) is 4.17. The molecular formula is C21H21N3O6S. The van der Waals surface area contributed by atoms with E-state index >= 15 is 0 Å². The highest BCUT2D eigenvalue weighted by molar-refractivity contribution is 7.99. The van der Waals surface area contributed by atoms with Crippen LogP contribution in [0.5, 0.6) is 17.2 Å². The number of amides is 1. The minimum absolute atomic E-state index is 0.105. The third kappa shape index (κ3) is 5.34. The van der Waals surface area contributed by atoms with E-state index in [0.29, 0.717) is 34.1 Å². The number of ketones is 1. The van der Waals surface area contributed by atoms with Gasteiger partial charge in [0, 0.05) is 23.7 Å². The van der Waals surface area contributed by atoms with Crippen LogP contribution in [0, 0.1) is 0 Å². The first-order valence-corrected chi connectivity index (χ1v) is 10.1. The monoisotopic (exact) mass is 443 g/mol. The largest absolute Gasteiger partial charge is 0.493 e. The lowest BCUT2D eigenvalue weighted by molar-refractivity contribution is -0.114. The first kappa shape index (κ1) is 22.2. The molecule has 0 fully saturated rings. The van der Waals surface area contributed by atoms with E-state index in [1.807, 2.05) is 0 Å². The van der Waals surface area contributed by atoms with Crippen LogP contribution in [0.2, 0.25) is 0 Å². The second-order valence-corrected chi connectivity index (χ2v) is 7.18. The van der Waals surface area contributed by atoms with Crippen LogP contribution in [-0.2, 0) is 4.79 Å². The zero-order valence-corrected chi connectivity index (χ0v) is 18.2. The van der Waals surface area contributed by atoms with Gasteiger partial charge in [-0.25, -0.2) is 0 Å². The number of carbonyl (C=O) groups is 2. The van der Waals surface area contributed by atoms with Crippen molar-refractivity contribution in [3.63, 3.8) is 0 Å². The Kier molecular flexibility index (Phi) is 7.14. The molecule has 0 saturated carbocycles. The minimum atomic E-state index is -0.172. The number of nitrogens with zero attached hydrogens (tertiary/aromatic N) is 2. The van der Waals surface area contributed by atoms with Gasteiger partial charge < -0.3 is 23.9 Å². The fourth-order valence-electron chi connectivity index (χ4n) is 2.74. The summed E-state index contributed by atoms with van der Waals surface area (Å²) in [6.45, 7) is 1.42. The minimum Gasteiger partial charge on any atom is -0.493 e. The van der Waals surface area contributed by atoms with Crippen LogP contribution in [-0.4, -0.2) is 49.0 Å². The molecule has 0 saturated heterocycles.